The van der Waals surface area contributed by atoms with Crippen LogP contribution < -0.4 is 5.32 Å². The van der Waals surface area contributed by atoms with Crippen LogP contribution in [0.5, 0.6) is 0 Å². The van der Waals surface area contributed by atoms with Crippen molar-refractivity contribution in [2.75, 3.05) is 6.54 Å². The van der Waals surface area contributed by atoms with Gasteiger partial charge in [0.05, 0.1) is 6.04 Å². The Morgan fingerprint density at radius 3 is 2.43 bits per heavy atom. The topological polar surface area (TPSA) is 12.0 Å². The molecule has 0 aliphatic rings. The molecule has 0 radical (unpaired) electrons. The highest BCUT2D eigenvalue weighted by Crippen LogP contribution is 2.32. The summed E-state index contributed by atoms with van der Waals surface area (Å²) in [5, 5.41) is 3.73. The van der Waals surface area contributed by atoms with Crippen molar-refractivity contribution in [3.8, 4) is 0 Å². The molecular weight excluding hydrogens is 292 g/mol. The van der Waals surface area contributed by atoms with E-state index in [9.17, 15) is 8.78 Å². The maximum atomic E-state index is 14.1. The highest BCUT2D eigenvalue weighted by atomic mass is 35.5. The van der Waals surface area contributed by atoms with E-state index in [2.05, 4.69) is 5.32 Å². The largest absolute Gasteiger partial charge is 0.306 e. The first-order chi connectivity index (χ1) is 9.95. The van der Waals surface area contributed by atoms with E-state index < -0.39 is 17.7 Å². The quantitative estimate of drug-likeness (QED) is 0.844. The van der Waals surface area contributed by atoms with Gasteiger partial charge >= 0.3 is 0 Å². The first kappa shape index (κ1) is 15.9. The van der Waals surface area contributed by atoms with Gasteiger partial charge in [0, 0.05) is 10.6 Å². The zero-order chi connectivity index (χ0) is 15.6. The molecule has 21 heavy (non-hydrogen) atoms. The summed E-state index contributed by atoms with van der Waals surface area (Å²) in [6.45, 7) is 6.47. The summed E-state index contributed by atoms with van der Waals surface area (Å²) in [6, 6.07) is 7.51. The van der Waals surface area contributed by atoms with E-state index in [-0.39, 0.29) is 5.56 Å². The Kier molecular flexibility index (Phi) is 4.96. The van der Waals surface area contributed by atoms with Gasteiger partial charge < -0.3 is 5.32 Å². The summed E-state index contributed by atoms with van der Waals surface area (Å²) in [4.78, 5) is 0. The lowest BCUT2D eigenvalue weighted by Gasteiger charge is -2.22. The first-order valence-electron chi connectivity index (χ1n) is 6.89. The minimum Gasteiger partial charge on any atom is -0.306 e. The van der Waals surface area contributed by atoms with E-state index in [1.54, 1.807) is 6.07 Å². The van der Waals surface area contributed by atoms with Gasteiger partial charge in [-0.15, -0.1) is 0 Å². The molecule has 1 N–H and O–H groups in total. The Bertz CT molecular complexity index is 655. The highest BCUT2D eigenvalue weighted by molar-refractivity contribution is 6.31. The van der Waals surface area contributed by atoms with Gasteiger partial charge in [0.1, 0.15) is 0 Å². The summed E-state index contributed by atoms with van der Waals surface area (Å²) in [5.41, 5.74) is 3.15. The van der Waals surface area contributed by atoms with Crippen LogP contribution in [0, 0.1) is 25.5 Å². The Morgan fingerprint density at radius 2 is 1.76 bits per heavy atom. The fraction of sp³-hybridized carbons (Fsp3) is 0.294. The van der Waals surface area contributed by atoms with Gasteiger partial charge in [-0.1, -0.05) is 36.7 Å². The van der Waals surface area contributed by atoms with Crippen LogP contribution in [-0.2, 0) is 0 Å². The number of hydrogen-bond donors (Lipinski definition) is 1. The van der Waals surface area contributed by atoms with Crippen molar-refractivity contribution in [1.82, 2.24) is 5.32 Å². The predicted molar refractivity (Wildman–Crippen MR) is 82.8 cm³/mol. The second kappa shape index (κ2) is 6.54. The van der Waals surface area contributed by atoms with Crippen molar-refractivity contribution >= 4 is 11.6 Å². The number of benzene rings is 2. The van der Waals surface area contributed by atoms with Crippen molar-refractivity contribution in [2.24, 2.45) is 0 Å². The normalized spacial score (nSPS) is 12.5. The van der Waals surface area contributed by atoms with Gasteiger partial charge in [-0.2, -0.15) is 0 Å². The monoisotopic (exact) mass is 309 g/mol. The molecule has 2 aromatic carbocycles. The number of hydrogen-bond acceptors (Lipinski definition) is 1. The molecular formula is C17H18ClF2N. The Balaban J connectivity index is 2.59. The number of halogens is 3. The molecule has 2 aromatic rings. The zero-order valence-electron chi connectivity index (χ0n) is 12.3. The van der Waals surface area contributed by atoms with Crippen LogP contribution in [0.25, 0.3) is 0 Å². The molecule has 0 aromatic heterocycles. The predicted octanol–water partition coefficient (Wildman–Crippen LogP) is 4.93. The lowest BCUT2D eigenvalue weighted by molar-refractivity contribution is 0.483. The van der Waals surface area contributed by atoms with E-state index >= 15 is 0 Å². The summed E-state index contributed by atoms with van der Waals surface area (Å²) < 4.78 is 27.6. The van der Waals surface area contributed by atoms with E-state index in [0.717, 1.165) is 22.8 Å². The van der Waals surface area contributed by atoms with E-state index in [1.165, 1.54) is 6.07 Å². The van der Waals surface area contributed by atoms with Gasteiger partial charge in [-0.3, -0.25) is 0 Å². The van der Waals surface area contributed by atoms with Crippen molar-refractivity contribution in [1.29, 1.82) is 0 Å². The third-order valence-electron chi connectivity index (χ3n) is 3.62. The van der Waals surface area contributed by atoms with E-state index in [0.29, 0.717) is 11.6 Å². The third kappa shape index (κ3) is 3.25. The van der Waals surface area contributed by atoms with Crippen molar-refractivity contribution in [2.45, 2.75) is 26.8 Å². The SMILES string of the molecule is CCNC(c1cc(C)c(C)cc1Cl)c1cccc(F)c1F. The maximum absolute atomic E-state index is 14.1. The number of aryl methyl sites for hydroxylation is 2. The Labute approximate surface area is 128 Å². The van der Waals surface area contributed by atoms with Crippen LogP contribution in [0.15, 0.2) is 30.3 Å². The molecule has 0 heterocycles. The van der Waals surface area contributed by atoms with Crippen LogP contribution in [0.2, 0.25) is 5.02 Å². The lowest BCUT2D eigenvalue weighted by Crippen LogP contribution is -2.24. The molecule has 1 unspecified atom stereocenters. The van der Waals surface area contributed by atoms with Crippen LogP contribution in [-0.4, -0.2) is 6.54 Å². The Morgan fingerprint density at radius 1 is 1.10 bits per heavy atom. The number of nitrogens with one attached hydrogen (secondary N) is 1. The molecule has 0 aliphatic carbocycles. The molecule has 0 fully saturated rings. The molecule has 4 heteroatoms. The van der Waals surface area contributed by atoms with Crippen molar-refractivity contribution < 1.29 is 8.78 Å². The fourth-order valence-corrected chi connectivity index (χ4v) is 2.69. The minimum atomic E-state index is -0.852. The average Bonchev–Trinajstić information content (AvgIpc) is 2.44. The molecule has 0 saturated carbocycles. The van der Waals surface area contributed by atoms with Gasteiger partial charge in [0.2, 0.25) is 0 Å². The maximum Gasteiger partial charge on any atom is 0.163 e. The van der Waals surface area contributed by atoms with Crippen molar-refractivity contribution in [3.63, 3.8) is 0 Å². The average molecular weight is 310 g/mol. The summed E-state index contributed by atoms with van der Waals surface area (Å²) in [7, 11) is 0. The molecule has 0 aliphatic heterocycles. The molecule has 1 atom stereocenters. The summed E-state index contributed by atoms with van der Waals surface area (Å²) >= 11 is 6.32. The van der Waals surface area contributed by atoms with Crippen LogP contribution in [0.1, 0.15) is 35.2 Å². The number of rotatable bonds is 4. The van der Waals surface area contributed by atoms with Gasteiger partial charge in [-0.05, 0) is 49.2 Å². The lowest BCUT2D eigenvalue weighted by atomic mass is 9.95. The molecule has 0 spiro atoms. The third-order valence-corrected chi connectivity index (χ3v) is 3.95. The van der Waals surface area contributed by atoms with Gasteiger partial charge in [-0.25, -0.2) is 8.78 Å². The second-order valence-corrected chi connectivity index (χ2v) is 5.50. The standard InChI is InChI=1S/C17H18ClF2N/c1-4-21-17(12-6-5-7-15(19)16(12)20)13-8-10(2)11(3)9-14(13)18/h5-9,17,21H,4H2,1-3H3. The Hall–Kier alpha value is -1.45. The minimum absolute atomic E-state index is 0.266. The van der Waals surface area contributed by atoms with Gasteiger partial charge in [0.15, 0.2) is 11.6 Å². The van der Waals surface area contributed by atoms with Crippen molar-refractivity contribution in [3.05, 3.63) is 69.2 Å². The smallest absolute Gasteiger partial charge is 0.163 e. The zero-order valence-corrected chi connectivity index (χ0v) is 13.1. The molecule has 1 nitrogen and oxygen atoms in total. The first-order valence-corrected chi connectivity index (χ1v) is 7.27. The second-order valence-electron chi connectivity index (χ2n) is 5.09. The molecule has 112 valence electrons. The van der Waals surface area contributed by atoms with Crippen LogP contribution in [0.3, 0.4) is 0 Å². The van der Waals surface area contributed by atoms with Crippen LogP contribution in [0.4, 0.5) is 8.78 Å². The summed E-state index contributed by atoms with van der Waals surface area (Å²) in [5.74, 6) is -1.69. The molecule has 0 amide bonds. The van der Waals surface area contributed by atoms with Crippen LogP contribution >= 0.6 is 11.6 Å². The summed E-state index contributed by atoms with van der Waals surface area (Å²) in [6.07, 6.45) is 0. The van der Waals surface area contributed by atoms with E-state index in [1.807, 2.05) is 32.9 Å². The molecule has 0 bridgehead atoms. The fourth-order valence-electron chi connectivity index (χ4n) is 2.36. The molecule has 2 rings (SSSR count). The van der Waals surface area contributed by atoms with Gasteiger partial charge in [0.25, 0.3) is 0 Å². The highest BCUT2D eigenvalue weighted by Gasteiger charge is 2.21. The van der Waals surface area contributed by atoms with E-state index in [4.69, 9.17) is 11.6 Å². The molecule has 0 saturated heterocycles.